The molecule has 2 heterocycles. The molecule has 0 aromatic carbocycles. The van der Waals surface area contributed by atoms with Crippen LogP contribution in [0.5, 0.6) is 0 Å². The molecule has 0 aliphatic carbocycles. The number of aryl methyl sites for hydroxylation is 1. The van der Waals surface area contributed by atoms with Crippen LogP contribution in [0.25, 0.3) is 0 Å². The molecule has 0 atom stereocenters. The van der Waals surface area contributed by atoms with Crippen LogP contribution in [0.2, 0.25) is 0 Å². The first-order valence-electron chi connectivity index (χ1n) is 6.49. The molecular formula is C14H24N2. The summed E-state index contributed by atoms with van der Waals surface area (Å²) in [6.07, 6.45) is 7.03. The van der Waals surface area contributed by atoms with E-state index in [0.29, 0.717) is 0 Å². The van der Waals surface area contributed by atoms with Gasteiger partial charge in [-0.15, -0.1) is 0 Å². The van der Waals surface area contributed by atoms with Crippen molar-refractivity contribution >= 4 is 0 Å². The average molecular weight is 220 g/mol. The van der Waals surface area contributed by atoms with E-state index in [9.17, 15) is 0 Å². The van der Waals surface area contributed by atoms with Crippen molar-refractivity contribution in [2.45, 2.75) is 39.5 Å². The summed E-state index contributed by atoms with van der Waals surface area (Å²) >= 11 is 0. The molecule has 2 nitrogen and oxygen atoms in total. The summed E-state index contributed by atoms with van der Waals surface area (Å²) in [6, 6.07) is 5.96. The van der Waals surface area contributed by atoms with E-state index in [1.54, 1.807) is 0 Å². The van der Waals surface area contributed by atoms with E-state index in [1.165, 1.54) is 38.9 Å². The molecule has 1 aromatic heterocycles. The molecule has 90 valence electrons. The van der Waals surface area contributed by atoms with E-state index in [-0.39, 0.29) is 0 Å². The Morgan fingerprint density at radius 2 is 1.94 bits per heavy atom. The van der Waals surface area contributed by atoms with Gasteiger partial charge in [0, 0.05) is 11.9 Å². The molecule has 1 fully saturated rings. The maximum absolute atomic E-state index is 4.10. The van der Waals surface area contributed by atoms with Crippen LogP contribution >= 0.6 is 0 Å². The molecule has 1 aliphatic heterocycles. The summed E-state index contributed by atoms with van der Waals surface area (Å²) in [5, 5.41) is 0. The van der Waals surface area contributed by atoms with Crippen molar-refractivity contribution in [1.29, 1.82) is 0 Å². The highest BCUT2D eigenvalue weighted by molar-refractivity contribution is 5.02. The van der Waals surface area contributed by atoms with Gasteiger partial charge in [0.15, 0.2) is 0 Å². The van der Waals surface area contributed by atoms with Gasteiger partial charge in [-0.3, -0.25) is 4.98 Å². The molecule has 0 spiro atoms. The van der Waals surface area contributed by atoms with Gasteiger partial charge in [0.2, 0.25) is 0 Å². The van der Waals surface area contributed by atoms with Gasteiger partial charge in [-0.05, 0) is 57.5 Å². The molecule has 1 aromatic rings. The molecule has 0 radical (unpaired) electrons. The lowest BCUT2D eigenvalue weighted by molar-refractivity contribution is 0.339. The minimum atomic E-state index is 1.03. The molecular weight excluding hydrogens is 196 g/mol. The van der Waals surface area contributed by atoms with Crippen molar-refractivity contribution in [3.8, 4) is 0 Å². The number of aromatic nitrogens is 1. The fraction of sp³-hybridized carbons (Fsp3) is 0.643. The summed E-state index contributed by atoms with van der Waals surface area (Å²) in [7, 11) is 0. The maximum Gasteiger partial charge on any atom is 0.0400 e. The Bertz CT molecular complexity index is 253. The third-order valence-corrected chi connectivity index (χ3v) is 2.83. The second-order valence-electron chi connectivity index (χ2n) is 4.22. The molecule has 1 aliphatic rings. The van der Waals surface area contributed by atoms with Gasteiger partial charge < -0.3 is 4.90 Å². The molecule has 0 saturated carbocycles. The lowest BCUT2D eigenvalue weighted by atomic mass is 10.3. The number of hydrogen-bond acceptors (Lipinski definition) is 2. The molecule has 2 heteroatoms. The SMILES string of the molecule is CCCN1CCCC1.CCc1ccccn1. The van der Waals surface area contributed by atoms with E-state index in [2.05, 4.69) is 23.7 Å². The van der Waals surface area contributed by atoms with Crippen LogP contribution < -0.4 is 0 Å². The van der Waals surface area contributed by atoms with Gasteiger partial charge in [0.05, 0.1) is 0 Å². The van der Waals surface area contributed by atoms with Crippen molar-refractivity contribution in [1.82, 2.24) is 9.88 Å². The number of nitrogens with zero attached hydrogens (tertiary/aromatic N) is 2. The topological polar surface area (TPSA) is 16.1 Å². The quantitative estimate of drug-likeness (QED) is 0.778. The molecule has 0 N–H and O–H groups in total. The van der Waals surface area contributed by atoms with Crippen molar-refractivity contribution in [2.75, 3.05) is 19.6 Å². The van der Waals surface area contributed by atoms with Crippen LogP contribution in [0.3, 0.4) is 0 Å². The number of rotatable bonds is 3. The number of likely N-dealkylation sites (tertiary alicyclic amines) is 1. The van der Waals surface area contributed by atoms with Crippen molar-refractivity contribution in [3.63, 3.8) is 0 Å². The molecule has 16 heavy (non-hydrogen) atoms. The standard InChI is InChI=1S/C7H9N.C7H15N/c1-2-7-5-3-4-6-8-7;1-2-5-8-6-3-4-7-8/h3-6H,2H2,1H3;2-7H2,1H3. The predicted octanol–water partition coefficient (Wildman–Crippen LogP) is 3.14. The van der Waals surface area contributed by atoms with Crippen LogP contribution in [-0.2, 0) is 6.42 Å². The highest BCUT2D eigenvalue weighted by Gasteiger charge is 2.08. The molecule has 0 unspecified atom stereocenters. The van der Waals surface area contributed by atoms with Gasteiger partial charge in [-0.25, -0.2) is 0 Å². The van der Waals surface area contributed by atoms with E-state index in [0.717, 1.165) is 12.1 Å². The zero-order valence-electron chi connectivity index (χ0n) is 10.7. The van der Waals surface area contributed by atoms with E-state index < -0.39 is 0 Å². The third-order valence-electron chi connectivity index (χ3n) is 2.83. The van der Waals surface area contributed by atoms with Crippen molar-refractivity contribution in [2.24, 2.45) is 0 Å². The summed E-state index contributed by atoms with van der Waals surface area (Å²) in [5.41, 5.74) is 1.16. The second kappa shape index (κ2) is 8.28. The highest BCUT2D eigenvalue weighted by atomic mass is 15.1. The Balaban J connectivity index is 0.000000160. The van der Waals surface area contributed by atoms with Crippen LogP contribution in [0.4, 0.5) is 0 Å². The van der Waals surface area contributed by atoms with Crippen molar-refractivity contribution < 1.29 is 0 Å². The monoisotopic (exact) mass is 220 g/mol. The van der Waals surface area contributed by atoms with Crippen molar-refractivity contribution in [3.05, 3.63) is 30.1 Å². The van der Waals surface area contributed by atoms with E-state index >= 15 is 0 Å². The summed E-state index contributed by atoms with van der Waals surface area (Å²) in [4.78, 5) is 6.64. The Labute approximate surface area is 99.7 Å². The molecule has 0 bridgehead atoms. The van der Waals surface area contributed by atoms with Crippen LogP contribution in [0.1, 0.15) is 38.8 Å². The van der Waals surface area contributed by atoms with Gasteiger partial charge in [-0.2, -0.15) is 0 Å². The second-order valence-corrected chi connectivity index (χ2v) is 4.22. The lowest BCUT2D eigenvalue weighted by Gasteiger charge is -2.11. The zero-order chi connectivity index (χ0) is 11.6. The van der Waals surface area contributed by atoms with E-state index in [4.69, 9.17) is 0 Å². The lowest BCUT2D eigenvalue weighted by Crippen LogP contribution is -2.19. The molecule has 0 amide bonds. The fourth-order valence-corrected chi connectivity index (χ4v) is 1.93. The first-order chi connectivity index (χ1) is 7.86. The summed E-state index contributed by atoms with van der Waals surface area (Å²) in [5.74, 6) is 0. The zero-order valence-corrected chi connectivity index (χ0v) is 10.7. The van der Waals surface area contributed by atoms with E-state index in [1.807, 2.05) is 24.4 Å². The normalized spacial score (nSPS) is 15.6. The first kappa shape index (κ1) is 13.2. The molecule has 2 rings (SSSR count). The summed E-state index contributed by atoms with van der Waals surface area (Å²) < 4.78 is 0. The van der Waals surface area contributed by atoms with Crippen LogP contribution in [0, 0.1) is 0 Å². The van der Waals surface area contributed by atoms with Crippen LogP contribution in [0.15, 0.2) is 24.4 Å². The minimum Gasteiger partial charge on any atom is -0.303 e. The van der Waals surface area contributed by atoms with Gasteiger partial charge in [-0.1, -0.05) is 19.9 Å². The Morgan fingerprint density at radius 3 is 2.38 bits per heavy atom. The van der Waals surface area contributed by atoms with Gasteiger partial charge in [0.1, 0.15) is 0 Å². The molecule has 1 saturated heterocycles. The minimum absolute atomic E-state index is 1.03. The first-order valence-corrected chi connectivity index (χ1v) is 6.49. The Kier molecular flexibility index (Phi) is 6.82. The number of hydrogen-bond donors (Lipinski definition) is 0. The van der Waals surface area contributed by atoms with Gasteiger partial charge >= 0.3 is 0 Å². The maximum atomic E-state index is 4.10. The van der Waals surface area contributed by atoms with Gasteiger partial charge in [0.25, 0.3) is 0 Å². The Hall–Kier alpha value is -0.890. The Morgan fingerprint density at radius 1 is 1.19 bits per heavy atom. The largest absolute Gasteiger partial charge is 0.303 e. The third kappa shape index (κ3) is 5.26. The smallest absolute Gasteiger partial charge is 0.0400 e. The summed E-state index contributed by atoms with van der Waals surface area (Å²) in [6.45, 7) is 8.38. The van der Waals surface area contributed by atoms with Crippen LogP contribution in [-0.4, -0.2) is 29.5 Å². The fourth-order valence-electron chi connectivity index (χ4n) is 1.93. The number of pyridine rings is 1. The average Bonchev–Trinajstić information content (AvgIpc) is 2.84. The predicted molar refractivity (Wildman–Crippen MR) is 69.6 cm³/mol. The highest BCUT2D eigenvalue weighted by Crippen LogP contribution is 2.06.